The number of rotatable bonds is 1. The van der Waals surface area contributed by atoms with Gasteiger partial charge in [0.2, 0.25) is 0 Å². The Morgan fingerprint density at radius 2 is 2.22 bits per heavy atom. The topological polar surface area (TPSA) is 24.7 Å². The summed E-state index contributed by atoms with van der Waals surface area (Å²) in [6, 6.07) is 0. The second-order valence-electron chi connectivity index (χ2n) is 1.60. The Labute approximate surface area is 58.0 Å². The molecule has 0 aromatic heterocycles. The highest BCUT2D eigenvalue weighted by Crippen LogP contribution is 1.95. The maximum Gasteiger partial charge on any atom is 0.119 e. The first-order valence-corrected chi connectivity index (χ1v) is 3.16. The van der Waals surface area contributed by atoms with Gasteiger partial charge >= 0.3 is 0 Å². The van der Waals surface area contributed by atoms with Crippen LogP contribution in [0.25, 0.3) is 0 Å². The van der Waals surface area contributed by atoms with Gasteiger partial charge in [0.15, 0.2) is 0 Å². The van der Waals surface area contributed by atoms with Crippen LogP contribution in [0.2, 0.25) is 0 Å². The summed E-state index contributed by atoms with van der Waals surface area (Å²) in [5.41, 5.74) is 0. The molecule has 0 aliphatic carbocycles. The first kappa shape index (κ1) is 8.51. The summed E-state index contributed by atoms with van der Waals surface area (Å²) in [5.74, 6) is 0.763. The Morgan fingerprint density at radius 3 is 2.56 bits per heavy atom. The van der Waals surface area contributed by atoms with E-state index < -0.39 is 0 Å². The van der Waals surface area contributed by atoms with Gasteiger partial charge in [0.1, 0.15) is 5.84 Å². The molecule has 0 radical (unpaired) electrons. The van der Waals surface area contributed by atoms with Crippen LogP contribution in [-0.4, -0.2) is 19.1 Å². The van der Waals surface area contributed by atoms with Gasteiger partial charge in [-0.15, -0.1) is 9.24 Å². The Hall–Kier alpha value is -0.490. The molecular weight excluding hydrogens is 131 g/mol. The largest absolute Gasteiger partial charge is 0.274 e. The molecule has 0 fully saturated rings. The first-order chi connectivity index (χ1) is 4.16. The van der Waals surface area contributed by atoms with Gasteiger partial charge in [0.25, 0.3) is 0 Å². The molecule has 2 nitrogen and oxygen atoms in total. The van der Waals surface area contributed by atoms with Crippen molar-refractivity contribution in [2.45, 2.75) is 6.92 Å². The molecule has 0 bridgehead atoms. The third kappa shape index (κ3) is 5.38. The standard InChI is InChI=1S/C6H11N2P/c1-5(9)4-8-6(2)7-3/h4H,1,9H2,2-3H3. The van der Waals surface area contributed by atoms with E-state index in [1.807, 2.05) is 6.92 Å². The van der Waals surface area contributed by atoms with E-state index in [-0.39, 0.29) is 0 Å². The fraction of sp³-hybridized carbons (Fsp3) is 0.333. The molecule has 0 heterocycles. The lowest BCUT2D eigenvalue weighted by molar-refractivity contribution is 1.38. The van der Waals surface area contributed by atoms with E-state index in [2.05, 4.69) is 25.8 Å². The van der Waals surface area contributed by atoms with Crippen molar-refractivity contribution in [2.24, 2.45) is 9.98 Å². The van der Waals surface area contributed by atoms with E-state index in [0.717, 1.165) is 11.1 Å². The molecule has 0 saturated heterocycles. The zero-order valence-corrected chi connectivity index (χ0v) is 6.91. The van der Waals surface area contributed by atoms with Crippen LogP contribution in [0, 0.1) is 0 Å². The van der Waals surface area contributed by atoms with Gasteiger partial charge < -0.3 is 0 Å². The Balaban J connectivity index is 3.86. The molecule has 1 unspecified atom stereocenters. The number of allylic oxidation sites excluding steroid dienone is 1. The molecule has 0 aromatic carbocycles. The molecule has 1 atom stereocenters. The van der Waals surface area contributed by atoms with Gasteiger partial charge in [-0.05, 0) is 12.2 Å². The summed E-state index contributed by atoms with van der Waals surface area (Å²) in [4.78, 5) is 7.78. The molecule has 50 valence electrons. The summed E-state index contributed by atoms with van der Waals surface area (Å²) in [7, 11) is 4.15. The monoisotopic (exact) mass is 142 g/mol. The SMILES string of the molecule is C=C(P)C=NC(C)=NC. The van der Waals surface area contributed by atoms with Gasteiger partial charge in [0, 0.05) is 13.3 Å². The smallest absolute Gasteiger partial charge is 0.119 e. The average molecular weight is 142 g/mol. The highest BCUT2D eigenvalue weighted by atomic mass is 31.0. The number of nitrogens with zero attached hydrogens (tertiary/aromatic N) is 2. The minimum absolute atomic E-state index is 0.763. The van der Waals surface area contributed by atoms with Crippen molar-refractivity contribution in [2.75, 3.05) is 7.05 Å². The predicted molar refractivity (Wildman–Crippen MR) is 46.4 cm³/mol. The summed E-state index contributed by atoms with van der Waals surface area (Å²) >= 11 is 0. The molecule has 3 heteroatoms. The normalized spacial score (nSPS) is 12.6. The molecule has 0 aliphatic rings. The summed E-state index contributed by atoms with van der Waals surface area (Å²) < 4.78 is 0. The third-order valence-corrected chi connectivity index (χ3v) is 0.890. The van der Waals surface area contributed by atoms with E-state index in [1.165, 1.54) is 0 Å². The lowest BCUT2D eigenvalue weighted by Crippen LogP contribution is -1.84. The Kier molecular flexibility index (Phi) is 4.16. The molecule has 0 aromatic rings. The van der Waals surface area contributed by atoms with E-state index >= 15 is 0 Å². The predicted octanol–water partition coefficient (Wildman–Crippen LogP) is 1.49. The number of amidine groups is 1. The minimum Gasteiger partial charge on any atom is -0.274 e. The van der Waals surface area contributed by atoms with Crippen LogP contribution in [0.5, 0.6) is 0 Å². The maximum absolute atomic E-state index is 3.95. The van der Waals surface area contributed by atoms with Crippen LogP contribution in [0.3, 0.4) is 0 Å². The first-order valence-electron chi connectivity index (χ1n) is 2.58. The van der Waals surface area contributed by atoms with Crippen molar-refractivity contribution in [3.63, 3.8) is 0 Å². The molecule has 0 amide bonds. The van der Waals surface area contributed by atoms with E-state index in [0.29, 0.717) is 0 Å². The van der Waals surface area contributed by atoms with Crippen LogP contribution in [0.4, 0.5) is 0 Å². The average Bonchev–Trinajstić information content (AvgIpc) is 1.83. The zero-order chi connectivity index (χ0) is 7.28. The molecule has 0 rings (SSSR count). The molecule has 0 N–H and O–H groups in total. The lowest BCUT2D eigenvalue weighted by atomic mass is 10.6. The van der Waals surface area contributed by atoms with Gasteiger partial charge in [0.05, 0.1) is 0 Å². The second-order valence-corrected chi connectivity index (χ2v) is 2.35. The molecular formula is C6H11N2P. The molecule has 0 saturated carbocycles. The van der Waals surface area contributed by atoms with Gasteiger partial charge in [-0.25, -0.2) is 4.99 Å². The highest BCUT2D eigenvalue weighted by molar-refractivity contribution is 7.24. The van der Waals surface area contributed by atoms with Crippen LogP contribution in [-0.2, 0) is 0 Å². The van der Waals surface area contributed by atoms with E-state index in [9.17, 15) is 0 Å². The third-order valence-electron chi connectivity index (χ3n) is 0.741. The minimum atomic E-state index is 0.763. The van der Waals surface area contributed by atoms with Crippen molar-refractivity contribution in [1.82, 2.24) is 0 Å². The second kappa shape index (κ2) is 4.39. The van der Waals surface area contributed by atoms with Gasteiger partial charge in [-0.3, -0.25) is 4.99 Å². The number of hydrogen-bond acceptors (Lipinski definition) is 1. The fourth-order valence-corrected chi connectivity index (χ4v) is 0.309. The Bertz CT molecular complexity index is 158. The van der Waals surface area contributed by atoms with Crippen molar-refractivity contribution in [1.29, 1.82) is 0 Å². The summed E-state index contributed by atoms with van der Waals surface area (Å²) in [5, 5.41) is 0.859. The molecule has 0 aliphatic heterocycles. The maximum atomic E-state index is 3.95. The van der Waals surface area contributed by atoms with Crippen molar-refractivity contribution >= 4 is 21.3 Å². The van der Waals surface area contributed by atoms with Crippen molar-refractivity contribution in [3.05, 3.63) is 11.9 Å². The van der Waals surface area contributed by atoms with Crippen LogP contribution in [0.1, 0.15) is 6.92 Å². The zero-order valence-electron chi connectivity index (χ0n) is 5.76. The van der Waals surface area contributed by atoms with Gasteiger partial charge in [-0.2, -0.15) is 0 Å². The van der Waals surface area contributed by atoms with E-state index in [1.54, 1.807) is 13.3 Å². The van der Waals surface area contributed by atoms with Crippen LogP contribution in [0.15, 0.2) is 21.9 Å². The number of hydrogen-bond donors (Lipinski definition) is 0. The van der Waals surface area contributed by atoms with Gasteiger partial charge in [-0.1, -0.05) is 6.58 Å². The molecule has 9 heavy (non-hydrogen) atoms. The van der Waals surface area contributed by atoms with Crippen molar-refractivity contribution in [3.8, 4) is 0 Å². The van der Waals surface area contributed by atoms with E-state index in [4.69, 9.17) is 0 Å². The quantitative estimate of drug-likeness (QED) is 0.301. The highest BCUT2D eigenvalue weighted by Gasteiger charge is 1.78. The Morgan fingerprint density at radius 1 is 1.67 bits per heavy atom. The molecule has 0 spiro atoms. The van der Waals surface area contributed by atoms with Crippen molar-refractivity contribution < 1.29 is 0 Å². The van der Waals surface area contributed by atoms with Crippen LogP contribution >= 0.6 is 9.24 Å². The van der Waals surface area contributed by atoms with Crippen LogP contribution < -0.4 is 0 Å². The lowest BCUT2D eigenvalue weighted by Gasteiger charge is -1.85. The fourth-order valence-electron chi connectivity index (χ4n) is 0.234. The number of aliphatic imine (C=N–C) groups is 2. The summed E-state index contributed by atoms with van der Waals surface area (Å²) in [6.07, 6.45) is 1.66. The summed E-state index contributed by atoms with van der Waals surface area (Å²) in [6.45, 7) is 5.46.